The van der Waals surface area contributed by atoms with Gasteiger partial charge in [0.1, 0.15) is 17.3 Å². The molecule has 0 saturated carbocycles. The third-order valence-corrected chi connectivity index (χ3v) is 5.45. The minimum Gasteiger partial charge on any atom is -0.457 e. The Morgan fingerprint density at radius 3 is 2.47 bits per heavy atom. The molecule has 1 aliphatic heterocycles. The molecule has 0 unspecified atom stereocenters. The van der Waals surface area contributed by atoms with Crippen LogP contribution in [-0.2, 0) is 7.05 Å². The van der Waals surface area contributed by atoms with Crippen molar-refractivity contribution >= 4 is 22.8 Å². The van der Waals surface area contributed by atoms with Crippen LogP contribution in [0.25, 0.3) is 22.3 Å². The maximum absolute atomic E-state index is 6.34. The Morgan fingerprint density at radius 2 is 1.67 bits per heavy atom. The molecule has 3 heterocycles. The first kappa shape index (κ1) is 18.4. The molecule has 1 aliphatic rings. The van der Waals surface area contributed by atoms with Gasteiger partial charge < -0.3 is 15.4 Å². The molecule has 4 aromatic rings. The largest absolute Gasteiger partial charge is 0.457 e. The third-order valence-electron chi connectivity index (χ3n) is 5.45. The summed E-state index contributed by atoms with van der Waals surface area (Å²) >= 11 is 0. The van der Waals surface area contributed by atoms with Gasteiger partial charge in [0.2, 0.25) is 5.95 Å². The predicted molar refractivity (Wildman–Crippen MR) is 119 cm³/mol. The van der Waals surface area contributed by atoms with Gasteiger partial charge in [0.05, 0.1) is 11.1 Å². The topological polar surface area (TPSA) is 82.1 Å². The molecule has 152 valence electrons. The number of piperidine rings is 1. The van der Waals surface area contributed by atoms with Gasteiger partial charge in [0, 0.05) is 25.7 Å². The molecule has 5 rings (SSSR count). The van der Waals surface area contributed by atoms with E-state index in [4.69, 9.17) is 20.4 Å². The summed E-state index contributed by atoms with van der Waals surface area (Å²) < 4.78 is 7.69. The highest BCUT2D eigenvalue weighted by Gasteiger charge is 2.21. The lowest BCUT2D eigenvalue weighted by molar-refractivity contribution is 0.483. The van der Waals surface area contributed by atoms with E-state index in [1.165, 1.54) is 6.42 Å². The fraction of sp³-hybridized carbons (Fsp3) is 0.261. The van der Waals surface area contributed by atoms with Crippen LogP contribution in [0, 0.1) is 0 Å². The zero-order valence-corrected chi connectivity index (χ0v) is 17.0. The zero-order valence-electron chi connectivity index (χ0n) is 17.0. The molecular weight excluding hydrogens is 376 g/mol. The first-order valence-electron chi connectivity index (χ1n) is 10.3. The van der Waals surface area contributed by atoms with Crippen molar-refractivity contribution in [1.29, 1.82) is 0 Å². The van der Waals surface area contributed by atoms with E-state index in [-0.39, 0.29) is 0 Å². The first-order valence-corrected chi connectivity index (χ1v) is 10.3. The highest BCUT2D eigenvalue weighted by molar-refractivity contribution is 5.99. The van der Waals surface area contributed by atoms with Crippen molar-refractivity contribution < 1.29 is 4.74 Å². The van der Waals surface area contributed by atoms with Gasteiger partial charge >= 0.3 is 0 Å². The number of benzene rings is 2. The van der Waals surface area contributed by atoms with Gasteiger partial charge in [-0.05, 0) is 43.5 Å². The number of nitrogen functional groups attached to an aromatic ring is 1. The molecule has 2 N–H and O–H groups in total. The lowest BCUT2D eigenvalue weighted by Crippen LogP contribution is -2.31. The zero-order chi connectivity index (χ0) is 20.5. The van der Waals surface area contributed by atoms with E-state index in [9.17, 15) is 0 Å². The number of nitrogens with two attached hydrogens (primary N) is 1. The predicted octanol–water partition coefficient (Wildman–Crippen LogP) is 4.40. The Bertz CT molecular complexity index is 1180. The Labute approximate surface area is 175 Å². The molecule has 2 aromatic carbocycles. The van der Waals surface area contributed by atoms with E-state index in [1.807, 2.05) is 61.6 Å². The van der Waals surface area contributed by atoms with E-state index in [0.29, 0.717) is 17.4 Å². The third kappa shape index (κ3) is 3.43. The molecule has 0 radical (unpaired) electrons. The summed E-state index contributed by atoms with van der Waals surface area (Å²) in [5.41, 5.74) is 8.67. The van der Waals surface area contributed by atoms with Crippen LogP contribution in [0.4, 0.5) is 11.8 Å². The van der Waals surface area contributed by atoms with Crippen LogP contribution in [0.5, 0.6) is 11.5 Å². The summed E-state index contributed by atoms with van der Waals surface area (Å²) in [7, 11) is 1.83. The smallest absolute Gasteiger partial charge is 0.228 e. The minimum absolute atomic E-state index is 0.555. The maximum Gasteiger partial charge on any atom is 0.228 e. The summed E-state index contributed by atoms with van der Waals surface area (Å²) in [5, 5.41) is 5.30. The molecule has 7 heteroatoms. The number of rotatable bonds is 4. The number of ether oxygens (including phenoxy) is 1. The minimum atomic E-state index is 0.555. The van der Waals surface area contributed by atoms with Crippen LogP contribution in [-0.4, -0.2) is 32.8 Å². The highest BCUT2D eigenvalue weighted by Crippen LogP contribution is 2.34. The average molecular weight is 400 g/mol. The fourth-order valence-electron chi connectivity index (χ4n) is 3.88. The van der Waals surface area contributed by atoms with E-state index >= 15 is 0 Å². The van der Waals surface area contributed by atoms with Gasteiger partial charge in [-0.1, -0.05) is 30.3 Å². The van der Waals surface area contributed by atoms with Crippen LogP contribution in [0.1, 0.15) is 19.3 Å². The van der Waals surface area contributed by atoms with Gasteiger partial charge in [-0.25, -0.2) is 4.98 Å². The number of aryl methyl sites for hydroxylation is 1. The van der Waals surface area contributed by atoms with Crippen molar-refractivity contribution in [2.45, 2.75) is 19.3 Å². The Balaban J connectivity index is 1.61. The Morgan fingerprint density at radius 1 is 0.900 bits per heavy atom. The monoisotopic (exact) mass is 400 g/mol. The number of anilines is 2. The van der Waals surface area contributed by atoms with Crippen molar-refractivity contribution in [3.8, 4) is 22.8 Å². The Kier molecular flexibility index (Phi) is 4.71. The van der Waals surface area contributed by atoms with E-state index in [2.05, 4.69) is 10.00 Å². The molecule has 7 nitrogen and oxygen atoms in total. The maximum atomic E-state index is 6.34. The second-order valence-electron chi connectivity index (χ2n) is 7.57. The molecular formula is C23H24N6O. The lowest BCUT2D eigenvalue weighted by Gasteiger charge is -2.26. The van der Waals surface area contributed by atoms with Crippen LogP contribution < -0.4 is 15.4 Å². The van der Waals surface area contributed by atoms with Crippen LogP contribution in [0.2, 0.25) is 0 Å². The van der Waals surface area contributed by atoms with E-state index in [1.54, 1.807) is 4.68 Å². The van der Waals surface area contributed by atoms with Gasteiger partial charge in [-0.15, -0.1) is 0 Å². The summed E-state index contributed by atoms with van der Waals surface area (Å²) in [6, 6.07) is 17.7. The normalized spacial score (nSPS) is 14.2. The van der Waals surface area contributed by atoms with Crippen molar-refractivity contribution in [3.63, 3.8) is 0 Å². The summed E-state index contributed by atoms with van der Waals surface area (Å²) in [4.78, 5) is 11.9. The number of nitrogens with zero attached hydrogens (tertiary/aromatic N) is 5. The summed E-state index contributed by atoms with van der Waals surface area (Å²) in [6.45, 7) is 1.93. The van der Waals surface area contributed by atoms with Gasteiger partial charge in [0.25, 0.3) is 0 Å². The SMILES string of the molecule is Cn1nc2nc(N3CCCCC3)nc(-c3cccc(Oc4ccccc4)c3)c2c1N. The van der Waals surface area contributed by atoms with Crippen LogP contribution in [0.15, 0.2) is 54.6 Å². The molecule has 30 heavy (non-hydrogen) atoms. The summed E-state index contributed by atoms with van der Waals surface area (Å²) in [6.07, 6.45) is 3.56. The molecule has 0 bridgehead atoms. The summed E-state index contributed by atoms with van der Waals surface area (Å²) in [5.74, 6) is 2.80. The first-order chi connectivity index (χ1) is 14.7. The van der Waals surface area contributed by atoms with Gasteiger partial charge in [0.15, 0.2) is 5.65 Å². The number of fused-ring (bicyclic) bond motifs is 1. The van der Waals surface area contributed by atoms with Crippen molar-refractivity contribution in [2.24, 2.45) is 7.05 Å². The second-order valence-corrected chi connectivity index (χ2v) is 7.57. The van der Waals surface area contributed by atoms with Crippen molar-refractivity contribution in [2.75, 3.05) is 23.7 Å². The van der Waals surface area contributed by atoms with Crippen LogP contribution in [0.3, 0.4) is 0 Å². The number of para-hydroxylation sites is 1. The van der Waals surface area contributed by atoms with Crippen molar-refractivity contribution in [1.82, 2.24) is 19.7 Å². The number of hydrogen-bond donors (Lipinski definition) is 1. The van der Waals surface area contributed by atoms with Gasteiger partial charge in [-0.2, -0.15) is 10.1 Å². The number of hydrogen-bond acceptors (Lipinski definition) is 6. The quantitative estimate of drug-likeness (QED) is 0.547. The van der Waals surface area contributed by atoms with Crippen LogP contribution >= 0.6 is 0 Å². The Hall–Kier alpha value is -3.61. The molecule has 0 spiro atoms. The lowest BCUT2D eigenvalue weighted by atomic mass is 10.1. The molecule has 2 aromatic heterocycles. The molecule has 0 amide bonds. The van der Waals surface area contributed by atoms with E-state index in [0.717, 1.165) is 54.1 Å². The fourth-order valence-corrected chi connectivity index (χ4v) is 3.88. The highest BCUT2D eigenvalue weighted by atomic mass is 16.5. The second kappa shape index (κ2) is 7.67. The van der Waals surface area contributed by atoms with Gasteiger partial charge in [-0.3, -0.25) is 4.68 Å². The molecule has 0 atom stereocenters. The molecule has 1 fully saturated rings. The number of aromatic nitrogens is 4. The van der Waals surface area contributed by atoms with Crippen molar-refractivity contribution in [3.05, 3.63) is 54.6 Å². The molecule has 1 saturated heterocycles. The molecule has 0 aliphatic carbocycles. The average Bonchev–Trinajstić information content (AvgIpc) is 3.08. The van der Waals surface area contributed by atoms with E-state index < -0.39 is 0 Å². The standard InChI is InChI=1S/C23H24N6O/c1-28-21(24)19-20(25-23(26-22(19)27-28)29-13-6-3-7-14-29)16-9-8-12-18(15-16)30-17-10-4-2-5-11-17/h2,4-5,8-12,15H,3,6-7,13-14,24H2,1H3.